The average molecular weight is 530 g/mol. The number of nitrogens with zero attached hydrogens (tertiary/aromatic N) is 3. The minimum atomic E-state index is -0.500. The lowest BCUT2D eigenvalue weighted by molar-refractivity contribution is -0.129. The standard InChI is InChI=1S/C26H29Cl2N5O3/c1-26(2,3)21-14-22(30-25(36)29-20-9-5-8-19(27)24(20)28)33(31-21)17-7-4-6-16(12-17)13-23(35)32-11-10-18(34)15-32/h4-9,12,14,18,34H,10-11,13,15H2,1-3H3,(H2,29,30,36). The molecule has 1 fully saturated rings. The Morgan fingerprint density at radius 2 is 1.86 bits per heavy atom. The summed E-state index contributed by atoms with van der Waals surface area (Å²) in [5, 5.41) is 20.7. The molecule has 8 nitrogen and oxygen atoms in total. The fourth-order valence-electron chi connectivity index (χ4n) is 3.96. The zero-order valence-electron chi connectivity index (χ0n) is 20.4. The number of nitrogens with one attached hydrogen (secondary N) is 2. The number of anilines is 2. The summed E-state index contributed by atoms with van der Waals surface area (Å²) in [6.07, 6.45) is 0.359. The number of likely N-dealkylation sites (tertiary alicyclic amines) is 1. The average Bonchev–Trinajstić information content (AvgIpc) is 3.43. The number of hydrogen-bond donors (Lipinski definition) is 3. The van der Waals surface area contributed by atoms with Crippen molar-refractivity contribution in [2.75, 3.05) is 23.7 Å². The van der Waals surface area contributed by atoms with Crippen molar-refractivity contribution in [1.29, 1.82) is 0 Å². The first-order valence-electron chi connectivity index (χ1n) is 11.7. The van der Waals surface area contributed by atoms with E-state index in [0.717, 1.165) is 11.3 Å². The number of hydrogen-bond acceptors (Lipinski definition) is 4. The van der Waals surface area contributed by atoms with Gasteiger partial charge in [-0.1, -0.05) is 62.2 Å². The van der Waals surface area contributed by atoms with Gasteiger partial charge in [0.2, 0.25) is 5.91 Å². The van der Waals surface area contributed by atoms with Crippen molar-refractivity contribution in [1.82, 2.24) is 14.7 Å². The summed E-state index contributed by atoms with van der Waals surface area (Å²) in [5.41, 5.74) is 2.42. The summed E-state index contributed by atoms with van der Waals surface area (Å²) >= 11 is 12.3. The molecule has 0 saturated carbocycles. The van der Waals surface area contributed by atoms with Crippen molar-refractivity contribution in [3.05, 3.63) is 69.8 Å². The maximum absolute atomic E-state index is 12.8. The number of aromatic nitrogens is 2. The number of carbonyl (C=O) groups is 2. The van der Waals surface area contributed by atoms with Gasteiger partial charge in [0, 0.05) is 24.6 Å². The Hall–Kier alpha value is -3.07. The van der Waals surface area contributed by atoms with Crippen LogP contribution < -0.4 is 10.6 Å². The van der Waals surface area contributed by atoms with Crippen molar-refractivity contribution < 1.29 is 14.7 Å². The first-order valence-corrected chi connectivity index (χ1v) is 12.4. The maximum Gasteiger partial charge on any atom is 0.324 e. The molecule has 4 rings (SSSR count). The molecule has 36 heavy (non-hydrogen) atoms. The van der Waals surface area contributed by atoms with Gasteiger partial charge in [0.15, 0.2) is 0 Å². The summed E-state index contributed by atoms with van der Waals surface area (Å²) in [5.74, 6) is 0.428. The van der Waals surface area contributed by atoms with Crippen molar-refractivity contribution in [2.24, 2.45) is 0 Å². The second-order valence-corrected chi connectivity index (χ2v) is 10.7. The predicted molar refractivity (Wildman–Crippen MR) is 142 cm³/mol. The number of aliphatic hydroxyl groups is 1. The molecule has 3 N–H and O–H groups in total. The van der Waals surface area contributed by atoms with Gasteiger partial charge in [0.25, 0.3) is 0 Å². The largest absolute Gasteiger partial charge is 0.391 e. The molecule has 1 aliphatic heterocycles. The summed E-state index contributed by atoms with van der Waals surface area (Å²) in [6, 6.07) is 13.8. The maximum atomic E-state index is 12.8. The number of amides is 3. The van der Waals surface area contributed by atoms with Gasteiger partial charge < -0.3 is 15.3 Å². The molecule has 2 aromatic carbocycles. The Morgan fingerprint density at radius 1 is 1.11 bits per heavy atom. The van der Waals surface area contributed by atoms with Crippen LogP contribution in [0, 0.1) is 0 Å². The Balaban J connectivity index is 1.59. The van der Waals surface area contributed by atoms with E-state index in [1.807, 2.05) is 51.1 Å². The minimum Gasteiger partial charge on any atom is -0.391 e. The van der Waals surface area contributed by atoms with E-state index in [0.29, 0.717) is 41.7 Å². The Kier molecular flexibility index (Phi) is 7.59. The number of rotatable bonds is 5. The first-order chi connectivity index (χ1) is 17.0. The van der Waals surface area contributed by atoms with Crippen LogP contribution in [0.1, 0.15) is 38.4 Å². The third-order valence-electron chi connectivity index (χ3n) is 5.95. The summed E-state index contributed by atoms with van der Waals surface area (Å²) in [6.45, 7) is 7.04. The minimum absolute atomic E-state index is 0.0318. The normalized spacial score (nSPS) is 15.7. The molecular formula is C26H29Cl2N5O3. The second kappa shape index (κ2) is 10.5. The van der Waals surface area contributed by atoms with E-state index in [1.54, 1.807) is 27.8 Å². The number of halogens is 2. The molecule has 190 valence electrons. The van der Waals surface area contributed by atoms with Gasteiger partial charge in [-0.25, -0.2) is 9.48 Å². The van der Waals surface area contributed by atoms with Crippen molar-refractivity contribution in [2.45, 2.75) is 45.1 Å². The summed E-state index contributed by atoms with van der Waals surface area (Å²) in [4.78, 5) is 27.2. The third-order valence-corrected chi connectivity index (χ3v) is 6.76. The predicted octanol–water partition coefficient (Wildman–Crippen LogP) is 5.26. The lowest BCUT2D eigenvalue weighted by Gasteiger charge is -2.16. The summed E-state index contributed by atoms with van der Waals surface area (Å²) < 4.78 is 1.65. The van der Waals surface area contributed by atoms with E-state index < -0.39 is 12.1 Å². The molecule has 1 atom stereocenters. The highest BCUT2D eigenvalue weighted by Gasteiger charge is 2.25. The molecule has 0 bridgehead atoms. The van der Waals surface area contributed by atoms with Crippen LogP contribution in [0.4, 0.5) is 16.3 Å². The van der Waals surface area contributed by atoms with Crippen LogP contribution in [0.15, 0.2) is 48.5 Å². The lowest BCUT2D eigenvalue weighted by Crippen LogP contribution is -2.30. The monoisotopic (exact) mass is 529 g/mol. The van der Waals surface area contributed by atoms with Crippen LogP contribution in [0.2, 0.25) is 10.0 Å². The van der Waals surface area contributed by atoms with Gasteiger partial charge in [-0.2, -0.15) is 5.10 Å². The van der Waals surface area contributed by atoms with Crippen molar-refractivity contribution in [3.8, 4) is 5.69 Å². The van der Waals surface area contributed by atoms with E-state index in [-0.39, 0.29) is 22.8 Å². The highest BCUT2D eigenvalue weighted by atomic mass is 35.5. The van der Waals surface area contributed by atoms with Crippen LogP contribution in [0.3, 0.4) is 0 Å². The fourth-order valence-corrected chi connectivity index (χ4v) is 4.30. The molecule has 0 aliphatic carbocycles. The molecule has 3 aromatic rings. The number of benzene rings is 2. The van der Waals surface area contributed by atoms with E-state index >= 15 is 0 Å². The van der Waals surface area contributed by atoms with Gasteiger partial charge >= 0.3 is 6.03 Å². The van der Waals surface area contributed by atoms with Crippen molar-refractivity contribution >= 4 is 46.6 Å². The first kappa shape index (κ1) is 26.0. The zero-order valence-corrected chi connectivity index (χ0v) is 21.9. The van der Waals surface area contributed by atoms with Crippen LogP contribution in [-0.4, -0.2) is 50.9 Å². The molecule has 2 heterocycles. The molecule has 1 unspecified atom stereocenters. The Labute approximate surface area is 220 Å². The molecule has 3 amide bonds. The molecule has 10 heteroatoms. The molecule has 1 aliphatic rings. The highest BCUT2D eigenvalue weighted by Crippen LogP contribution is 2.30. The molecule has 1 aromatic heterocycles. The summed E-state index contributed by atoms with van der Waals surface area (Å²) in [7, 11) is 0. The second-order valence-electron chi connectivity index (χ2n) is 9.89. The van der Waals surface area contributed by atoms with Crippen molar-refractivity contribution in [3.63, 3.8) is 0 Å². The number of carbonyl (C=O) groups excluding carboxylic acids is 2. The third kappa shape index (κ3) is 6.00. The fraction of sp³-hybridized carbons (Fsp3) is 0.346. The molecule has 0 spiro atoms. The van der Waals surface area contributed by atoms with E-state index in [2.05, 4.69) is 10.6 Å². The van der Waals surface area contributed by atoms with Crippen LogP contribution in [0.5, 0.6) is 0 Å². The quantitative estimate of drug-likeness (QED) is 0.419. The van der Waals surface area contributed by atoms with E-state index in [9.17, 15) is 14.7 Å². The van der Waals surface area contributed by atoms with Gasteiger partial charge in [-0.3, -0.25) is 10.1 Å². The number of β-amino-alcohol motifs (C(OH)–C–C–N with tert-alkyl or cyclic N) is 1. The molecule has 0 radical (unpaired) electrons. The number of urea groups is 1. The Bertz CT molecular complexity index is 1280. The van der Waals surface area contributed by atoms with E-state index in [1.165, 1.54) is 0 Å². The lowest BCUT2D eigenvalue weighted by atomic mass is 9.92. The topological polar surface area (TPSA) is 99.5 Å². The van der Waals surface area contributed by atoms with Crippen LogP contribution in [-0.2, 0) is 16.6 Å². The van der Waals surface area contributed by atoms with Crippen LogP contribution >= 0.6 is 23.2 Å². The zero-order chi connectivity index (χ0) is 26.0. The SMILES string of the molecule is CC(C)(C)c1cc(NC(=O)Nc2cccc(Cl)c2Cl)n(-c2cccc(CC(=O)N3CCC(O)C3)c2)n1. The van der Waals surface area contributed by atoms with Gasteiger partial charge in [-0.05, 0) is 36.2 Å². The number of aliphatic hydroxyl groups excluding tert-OH is 1. The van der Waals surface area contributed by atoms with Gasteiger partial charge in [0.1, 0.15) is 5.82 Å². The molecule has 1 saturated heterocycles. The Morgan fingerprint density at radius 3 is 2.56 bits per heavy atom. The van der Waals surface area contributed by atoms with Gasteiger partial charge in [-0.15, -0.1) is 0 Å². The van der Waals surface area contributed by atoms with E-state index in [4.69, 9.17) is 28.3 Å². The van der Waals surface area contributed by atoms with Crippen LogP contribution in [0.25, 0.3) is 5.69 Å². The highest BCUT2D eigenvalue weighted by molar-refractivity contribution is 6.44. The molecular weight excluding hydrogens is 501 g/mol. The smallest absolute Gasteiger partial charge is 0.324 e. The van der Waals surface area contributed by atoms with Gasteiger partial charge in [0.05, 0.1) is 39.6 Å².